The Hall–Kier alpha value is -2.50. The van der Waals surface area contributed by atoms with Gasteiger partial charge in [0, 0.05) is 12.5 Å². The van der Waals surface area contributed by atoms with Crippen LogP contribution in [0, 0.1) is 10.1 Å². The highest BCUT2D eigenvalue weighted by Crippen LogP contribution is 2.36. The van der Waals surface area contributed by atoms with Gasteiger partial charge in [-0.2, -0.15) is 0 Å². The van der Waals surface area contributed by atoms with Crippen molar-refractivity contribution >= 4 is 23.0 Å². The molecule has 0 amide bonds. The molecule has 0 atom stereocenters. The van der Waals surface area contributed by atoms with Crippen LogP contribution in [0.4, 0.5) is 5.69 Å². The van der Waals surface area contributed by atoms with E-state index in [-0.39, 0.29) is 23.6 Å². The normalized spacial score (nSPS) is 14.5. The van der Waals surface area contributed by atoms with Crippen LogP contribution in [-0.2, 0) is 9.53 Å². The van der Waals surface area contributed by atoms with Crippen molar-refractivity contribution < 1.29 is 19.2 Å². The van der Waals surface area contributed by atoms with E-state index < -0.39 is 10.9 Å². The minimum atomic E-state index is -0.597. The average Bonchev–Trinajstić information content (AvgIpc) is 2.78. The molecule has 0 fully saturated rings. The number of hydrogen-bond acceptors (Lipinski definition) is 5. The standard InChI is InChI=1S/C15H15NO5/c1-3-21-15(18)10-4-5-12(13(8-10)16(19)20)11-6-7-14(17)9(11)2/h4-5,8H,3,6-7H2,1-2H3. The Labute approximate surface area is 121 Å². The number of ketones is 1. The highest BCUT2D eigenvalue weighted by Gasteiger charge is 2.27. The van der Waals surface area contributed by atoms with Crippen molar-refractivity contribution in [3.63, 3.8) is 0 Å². The molecule has 1 aromatic rings. The van der Waals surface area contributed by atoms with Crippen LogP contribution in [0.25, 0.3) is 5.57 Å². The Morgan fingerprint density at radius 3 is 2.62 bits per heavy atom. The van der Waals surface area contributed by atoms with Crippen LogP contribution in [0.2, 0.25) is 0 Å². The quantitative estimate of drug-likeness (QED) is 0.483. The lowest BCUT2D eigenvalue weighted by atomic mass is 9.99. The van der Waals surface area contributed by atoms with Gasteiger partial charge in [-0.05, 0) is 43.5 Å². The van der Waals surface area contributed by atoms with Gasteiger partial charge in [-0.3, -0.25) is 14.9 Å². The third-order valence-corrected chi connectivity index (χ3v) is 3.50. The fourth-order valence-electron chi connectivity index (χ4n) is 2.40. The third kappa shape index (κ3) is 2.84. The molecule has 0 spiro atoms. The Bertz CT molecular complexity index is 660. The summed E-state index contributed by atoms with van der Waals surface area (Å²) in [5.41, 5.74) is 1.60. The van der Waals surface area contributed by atoms with Gasteiger partial charge >= 0.3 is 5.97 Å². The van der Waals surface area contributed by atoms with Crippen LogP contribution >= 0.6 is 0 Å². The number of benzene rings is 1. The average molecular weight is 289 g/mol. The predicted molar refractivity (Wildman–Crippen MR) is 75.9 cm³/mol. The first-order valence-electron chi connectivity index (χ1n) is 6.64. The summed E-state index contributed by atoms with van der Waals surface area (Å²) in [5, 5.41) is 11.2. The van der Waals surface area contributed by atoms with Crippen LogP contribution in [-0.4, -0.2) is 23.3 Å². The fraction of sp³-hybridized carbons (Fsp3) is 0.333. The molecule has 6 nitrogen and oxygen atoms in total. The second-order valence-corrected chi connectivity index (χ2v) is 4.74. The topological polar surface area (TPSA) is 86.5 Å². The summed E-state index contributed by atoms with van der Waals surface area (Å²) in [6, 6.07) is 4.21. The lowest BCUT2D eigenvalue weighted by Gasteiger charge is -2.07. The van der Waals surface area contributed by atoms with Gasteiger partial charge in [0.05, 0.1) is 22.7 Å². The highest BCUT2D eigenvalue weighted by molar-refractivity contribution is 6.07. The molecule has 0 heterocycles. The van der Waals surface area contributed by atoms with Gasteiger partial charge in [-0.15, -0.1) is 0 Å². The zero-order valence-electron chi connectivity index (χ0n) is 11.8. The van der Waals surface area contributed by atoms with Crippen LogP contribution in [0.1, 0.15) is 42.6 Å². The van der Waals surface area contributed by atoms with Gasteiger partial charge in [0.1, 0.15) is 0 Å². The minimum absolute atomic E-state index is 0.00812. The Balaban J connectivity index is 2.51. The van der Waals surface area contributed by atoms with Gasteiger partial charge in [-0.1, -0.05) is 0 Å². The second kappa shape index (κ2) is 5.87. The number of hydrogen-bond donors (Lipinski definition) is 0. The number of carbonyl (C=O) groups is 2. The monoisotopic (exact) mass is 289 g/mol. The molecule has 0 N–H and O–H groups in total. The van der Waals surface area contributed by atoms with E-state index in [1.807, 2.05) is 0 Å². The van der Waals surface area contributed by atoms with Gasteiger partial charge in [0.25, 0.3) is 5.69 Å². The smallest absolute Gasteiger partial charge is 0.338 e. The van der Waals surface area contributed by atoms with Gasteiger partial charge in [0.15, 0.2) is 5.78 Å². The van der Waals surface area contributed by atoms with Crippen molar-refractivity contribution in [2.24, 2.45) is 0 Å². The summed E-state index contributed by atoms with van der Waals surface area (Å²) < 4.78 is 4.84. The van der Waals surface area contributed by atoms with Crippen LogP contribution in [0.5, 0.6) is 0 Å². The summed E-state index contributed by atoms with van der Waals surface area (Å²) in [6.45, 7) is 3.54. The van der Waals surface area contributed by atoms with Crippen LogP contribution in [0.3, 0.4) is 0 Å². The molecular weight excluding hydrogens is 274 g/mol. The van der Waals surface area contributed by atoms with E-state index in [0.29, 0.717) is 29.6 Å². The van der Waals surface area contributed by atoms with Gasteiger partial charge in [-0.25, -0.2) is 4.79 Å². The maximum absolute atomic E-state index is 11.7. The van der Waals surface area contributed by atoms with E-state index >= 15 is 0 Å². The summed E-state index contributed by atoms with van der Waals surface area (Å²) in [6.07, 6.45) is 0.863. The largest absolute Gasteiger partial charge is 0.462 e. The first-order valence-corrected chi connectivity index (χ1v) is 6.64. The number of Topliss-reactive ketones (excluding diaryl/α,β-unsaturated/α-hetero) is 1. The minimum Gasteiger partial charge on any atom is -0.462 e. The highest BCUT2D eigenvalue weighted by atomic mass is 16.6. The van der Waals surface area contributed by atoms with E-state index in [1.165, 1.54) is 18.2 Å². The number of rotatable bonds is 4. The number of nitro benzene ring substituents is 1. The second-order valence-electron chi connectivity index (χ2n) is 4.74. The van der Waals surface area contributed by atoms with Gasteiger partial charge < -0.3 is 4.74 Å². The molecule has 1 aliphatic rings. The SMILES string of the molecule is CCOC(=O)c1ccc(C2=C(C)C(=O)CC2)c([N+](=O)[O-])c1. The molecule has 0 radical (unpaired) electrons. The molecule has 0 saturated heterocycles. The zero-order valence-corrected chi connectivity index (χ0v) is 11.8. The van der Waals surface area contributed by atoms with E-state index in [1.54, 1.807) is 13.8 Å². The Morgan fingerprint density at radius 1 is 1.38 bits per heavy atom. The molecule has 1 aliphatic carbocycles. The molecule has 0 bridgehead atoms. The molecule has 0 aromatic heterocycles. The fourth-order valence-corrected chi connectivity index (χ4v) is 2.40. The maximum atomic E-state index is 11.7. The van der Waals surface area contributed by atoms with E-state index in [4.69, 9.17) is 4.74 Å². The summed E-state index contributed by atoms with van der Waals surface area (Å²) in [7, 11) is 0. The third-order valence-electron chi connectivity index (χ3n) is 3.50. The Morgan fingerprint density at radius 2 is 2.10 bits per heavy atom. The van der Waals surface area contributed by atoms with Crippen molar-refractivity contribution in [2.45, 2.75) is 26.7 Å². The van der Waals surface area contributed by atoms with Crippen molar-refractivity contribution in [1.29, 1.82) is 0 Å². The van der Waals surface area contributed by atoms with Crippen molar-refractivity contribution in [3.05, 3.63) is 45.0 Å². The molecule has 0 saturated carbocycles. The van der Waals surface area contributed by atoms with Gasteiger partial charge in [0.2, 0.25) is 0 Å². The number of allylic oxidation sites excluding steroid dienone is 2. The van der Waals surface area contributed by atoms with Crippen LogP contribution in [0.15, 0.2) is 23.8 Å². The summed E-state index contributed by atoms with van der Waals surface area (Å²) in [5.74, 6) is -0.589. The summed E-state index contributed by atoms with van der Waals surface area (Å²) >= 11 is 0. The van der Waals surface area contributed by atoms with E-state index in [0.717, 1.165) is 0 Å². The molecule has 0 aliphatic heterocycles. The lowest BCUT2D eigenvalue weighted by Crippen LogP contribution is -2.06. The predicted octanol–water partition coefficient (Wildman–Crippen LogP) is 2.91. The number of nitrogens with zero attached hydrogens (tertiary/aromatic N) is 1. The number of ether oxygens (including phenoxy) is 1. The van der Waals surface area contributed by atoms with Crippen molar-refractivity contribution in [1.82, 2.24) is 0 Å². The van der Waals surface area contributed by atoms with E-state index in [9.17, 15) is 19.7 Å². The first kappa shape index (κ1) is 14.9. The molecule has 0 unspecified atom stereocenters. The maximum Gasteiger partial charge on any atom is 0.338 e. The molecule has 2 rings (SSSR count). The molecule has 110 valence electrons. The zero-order chi connectivity index (χ0) is 15.6. The molecule has 6 heteroatoms. The number of esters is 1. The number of nitro groups is 1. The molecule has 21 heavy (non-hydrogen) atoms. The Kier molecular flexibility index (Phi) is 4.16. The van der Waals surface area contributed by atoms with E-state index in [2.05, 4.69) is 0 Å². The lowest BCUT2D eigenvalue weighted by molar-refractivity contribution is -0.385. The molecular formula is C15H15NO5. The number of carbonyl (C=O) groups excluding carboxylic acids is 2. The first-order chi connectivity index (χ1) is 9.95. The van der Waals surface area contributed by atoms with Crippen molar-refractivity contribution in [2.75, 3.05) is 6.61 Å². The molecule has 1 aromatic carbocycles. The van der Waals surface area contributed by atoms with Crippen molar-refractivity contribution in [3.8, 4) is 0 Å². The van der Waals surface area contributed by atoms with Crippen LogP contribution < -0.4 is 0 Å². The summed E-state index contributed by atoms with van der Waals surface area (Å²) in [4.78, 5) is 34.0.